The molecule has 0 aromatic carbocycles. The van der Waals surface area contributed by atoms with Gasteiger partial charge in [-0.1, -0.05) is 0 Å². The summed E-state index contributed by atoms with van der Waals surface area (Å²) >= 11 is 0. The summed E-state index contributed by atoms with van der Waals surface area (Å²) < 4.78 is 12.0. The summed E-state index contributed by atoms with van der Waals surface area (Å²) in [5.74, 6) is -0.00935. The van der Waals surface area contributed by atoms with Gasteiger partial charge in [-0.15, -0.1) is 0 Å². The highest BCUT2D eigenvalue weighted by Gasteiger charge is 2.22. The average Bonchev–Trinajstić information content (AvgIpc) is 2.18. The number of alkyl halides is 1. The molecule has 0 aromatic heterocycles. The van der Waals surface area contributed by atoms with Gasteiger partial charge in [0.05, 0.1) is 6.04 Å². The van der Waals surface area contributed by atoms with Crippen LogP contribution in [-0.4, -0.2) is 61.1 Å². The Kier molecular flexibility index (Phi) is 4.28. The second-order valence-electron chi connectivity index (χ2n) is 3.64. The van der Waals surface area contributed by atoms with Crippen molar-refractivity contribution in [3.05, 3.63) is 0 Å². The molecular weight excluding hydrogens is 185 g/mol. The number of nitrogens with zero attached hydrogens (tertiary/aromatic N) is 2. The molecule has 2 N–H and O–H groups in total. The van der Waals surface area contributed by atoms with Gasteiger partial charge in [0.1, 0.15) is 6.67 Å². The van der Waals surface area contributed by atoms with Crippen molar-refractivity contribution in [3.8, 4) is 0 Å². The lowest BCUT2D eigenvalue weighted by atomic mass is 10.2. The molecule has 1 heterocycles. The Morgan fingerprint density at radius 2 is 2.00 bits per heavy atom. The number of nitrogens with two attached hydrogens (primary N) is 1. The Labute approximate surface area is 83.8 Å². The minimum absolute atomic E-state index is 0.00935. The van der Waals surface area contributed by atoms with Crippen molar-refractivity contribution in [1.29, 1.82) is 0 Å². The molecule has 5 heteroatoms. The van der Waals surface area contributed by atoms with E-state index in [4.69, 9.17) is 5.73 Å². The summed E-state index contributed by atoms with van der Waals surface area (Å²) in [5.41, 5.74) is 5.50. The van der Waals surface area contributed by atoms with Crippen molar-refractivity contribution < 1.29 is 9.18 Å². The third kappa shape index (κ3) is 2.92. The number of hydrogen-bond acceptors (Lipinski definition) is 3. The van der Waals surface area contributed by atoms with Gasteiger partial charge in [-0.25, -0.2) is 4.39 Å². The van der Waals surface area contributed by atoms with E-state index < -0.39 is 6.04 Å². The molecule has 0 aromatic rings. The lowest BCUT2D eigenvalue weighted by Crippen LogP contribution is -2.52. The molecule has 1 rings (SSSR count). The van der Waals surface area contributed by atoms with Gasteiger partial charge >= 0.3 is 0 Å². The fraction of sp³-hybridized carbons (Fsp3) is 0.889. The highest BCUT2D eigenvalue weighted by molar-refractivity contribution is 5.81. The first kappa shape index (κ1) is 11.4. The maximum absolute atomic E-state index is 12.0. The van der Waals surface area contributed by atoms with Gasteiger partial charge in [-0.05, 0) is 6.92 Å². The molecule has 0 radical (unpaired) electrons. The molecule has 1 aliphatic rings. The van der Waals surface area contributed by atoms with Crippen molar-refractivity contribution in [2.45, 2.75) is 13.0 Å². The number of hydrogen-bond donors (Lipinski definition) is 1. The topological polar surface area (TPSA) is 49.6 Å². The lowest BCUT2D eigenvalue weighted by molar-refractivity contribution is -0.133. The van der Waals surface area contributed by atoms with Gasteiger partial charge < -0.3 is 10.6 Å². The van der Waals surface area contributed by atoms with Crippen LogP contribution in [0.4, 0.5) is 4.39 Å². The van der Waals surface area contributed by atoms with E-state index in [-0.39, 0.29) is 12.6 Å². The smallest absolute Gasteiger partial charge is 0.239 e. The SMILES string of the molecule is C[C@H](N)C(=O)N1CCN(CCF)CC1. The van der Waals surface area contributed by atoms with Crippen LogP contribution in [-0.2, 0) is 4.79 Å². The van der Waals surface area contributed by atoms with Crippen LogP contribution in [0.1, 0.15) is 6.92 Å². The highest BCUT2D eigenvalue weighted by atomic mass is 19.1. The summed E-state index contributed by atoms with van der Waals surface area (Å²) in [5, 5.41) is 0. The minimum atomic E-state index is -0.428. The van der Waals surface area contributed by atoms with Crippen LogP contribution in [0.5, 0.6) is 0 Å². The predicted molar refractivity (Wildman–Crippen MR) is 52.6 cm³/mol. The molecule has 0 saturated carbocycles. The van der Waals surface area contributed by atoms with Gasteiger partial charge in [0.2, 0.25) is 5.91 Å². The quantitative estimate of drug-likeness (QED) is 0.669. The first-order valence-corrected chi connectivity index (χ1v) is 4.98. The summed E-state index contributed by atoms with van der Waals surface area (Å²) in [6.07, 6.45) is 0. The van der Waals surface area contributed by atoms with Crippen molar-refractivity contribution in [2.75, 3.05) is 39.4 Å². The van der Waals surface area contributed by atoms with Gasteiger partial charge in [-0.2, -0.15) is 0 Å². The van der Waals surface area contributed by atoms with Crippen molar-refractivity contribution in [2.24, 2.45) is 5.73 Å². The first-order valence-electron chi connectivity index (χ1n) is 4.98. The Bertz CT molecular complexity index is 190. The van der Waals surface area contributed by atoms with Gasteiger partial charge in [0.25, 0.3) is 0 Å². The Hall–Kier alpha value is -0.680. The molecule has 4 nitrogen and oxygen atoms in total. The largest absolute Gasteiger partial charge is 0.339 e. The van der Waals surface area contributed by atoms with Crippen molar-refractivity contribution in [1.82, 2.24) is 9.80 Å². The Morgan fingerprint density at radius 3 is 2.43 bits per heavy atom. The third-order valence-electron chi connectivity index (χ3n) is 2.47. The zero-order valence-electron chi connectivity index (χ0n) is 8.58. The van der Waals surface area contributed by atoms with E-state index in [1.54, 1.807) is 11.8 Å². The molecular formula is C9H18FN3O. The Morgan fingerprint density at radius 1 is 1.43 bits per heavy atom. The molecule has 0 aliphatic carbocycles. The highest BCUT2D eigenvalue weighted by Crippen LogP contribution is 2.02. The fourth-order valence-electron chi connectivity index (χ4n) is 1.60. The molecule has 1 amide bonds. The van der Waals surface area contributed by atoms with Crippen LogP contribution in [0.2, 0.25) is 0 Å². The minimum Gasteiger partial charge on any atom is -0.339 e. The van der Waals surface area contributed by atoms with Crippen LogP contribution in [0.15, 0.2) is 0 Å². The summed E-state index contributed by atoms with van der Waals surface area (Å²) in [6, 6.07) is -0.428. The number of amides is 1. The molecule has 0 unspecified atom stereocenters. The maximum Gasteiger partial charge on any atom is 0.239 e. The van der Waals surface area contributed by atoms with Gasteiger partial charge in [0, 0.05) is 32.7 Å². The summed E-state index contributed by atoms with van der Waals surface area (Å²) in [4.78, 5) is 15.2. The average molecular weight is 203 g/mol. The summed E-state index contributed by atoms with van der Waals surface area (Å²) in [7, 11) is 0. The normalized spacial score (nSPS) is 20.9. The van der Waals surface area contributed by atoms with E-state index in [0.717, 1.165) is 13.1 Å². The van der Waals surface area contributed by atoms with E-state index in [1.807, 2.05) is 4.90 Å². The zero-order valence-corrected chi connectivity index (χ0v) is 8.58. The second kappa shape index (κ2) is 5.26. The number of piperazine rings is 1. The third-order valence-corrected chi connectivity index (χ3v) is 2.47. The van der Waals surface area contributed by atoms with Crippen LogP contribution in [0.25, 0.3) is 0 Å². The number of carbonyl (C=O) groups is 1. The predicted octanol–water partition coefficient (Wildman–Crippen LogP) is -0.553. The van der Waals surface area contributed by atoms with Crippen LogP contribution in [0.3, 0.4) is 0 Å². The molecule has 0 spiro atoms. The van der Waals surface area contributed by atoms with Crippen LogP contribution < -0.4 is 5.73 Å². The standard InChI is InChI=1S/C9H18FN3O/c1-8(11)9(14)13-6-4-12(3-2-10)5-7-13/h8H,2-7,11H2,1H3/t8-/m0/s1. The van der Waals surface area contributed by atoms with Crippen LogP contribution in [0, 0.1) is 0 Å². The zero-order chi connectivity index (χ0) is 10.6. The molecule has 1 aliphatic heterocycles. The molecule has 14 heavy (non-hydrogen) atoms. The van der Waals surface area contributed by atoms with E-state index in [2.05, 4.69) is 0 Å². The van der Waals surface area contributed by atoms with E-state index in [1.165, 1.54) is 0 Å². The molecule has 82 valence electrons. The van der Waals surface area contributed by atoms with Crippen molar-refractivity contribution in [3.63, 3.8) is 0 Å². The number of halogens is 1. The first-order chi connectivity index (χ1) is 6.65. The molecule has 1 saturated heterocycles. The number of rotatable bonds is 3. The second-order valence-corrected chi connectivity index (χ2v) is 3.64. The van der Waals surface area contributed by atoms with E-state index >= 15 is 0 Å². The Balaban J connectivity index is 2.32. The molecule has 1 atom stereocenters. The maximum atomic E-state index is 12.0. The van der Waals surface area contributed by atoms with E-state index in [9.17, 15) is 9.18 Å². The monoisotopic (exact) mass is 203 g/mol. The van der Waals surface area contributed by atoms with Crippen molar-refractivity contribution >= 4 is 5.91 Å². The summed E-state index contributed by atoms with van der Waals surface area (Å²) in [6.45, 7) is 4.68. The van der Waals surface area contributed by atoms with Gasteiger partial charge in [0.15, 0.2) is 0 Å². The molecule has 1 fully saturated rings. The number of carbonyl (C=O) groups excluding carboxylic acids is 1. The lowest BCUT2D eigenvalue weighted by Gasteiger charge is -2.34. The van der Waals surface area contributed by atoms with Gasteiger partial charge in [-0.3, -0.25) is 9.69 Å². The fourth-order valence-corrected chi connectivity index (χ4v) is 1.60. The van der Waals surface area contributed by atoms with E-state index in [0.29, 0.717) is 19.6 Å². The molecule has 0 bridgehead atoms. The van der Waals surface area contributed by atoms with Crippen LogP contribution >= 0.6 is 0 Å².